The number of aromatic nitrogens is 2. The minimum atomic E-state index is -0.0740. The van der Waals surface area contributed by atoms with E-state index in [1.165, 1.54) is 18.7 Å². The van der Waals surface area contributed by atoms with Crippen molar-refractivity contribution in [2.24, 2.45) is 0 Å². The monoisotopic (exact) mass is 367 g/mol. The van der Waals surface area contributed by atoms with Crippen LogP contribution in [0.2, 0.25) is 0 Å². The lowest BCUT2D eigenvalue weighted by Crippen LogP contribution is -2.25. The molecule has 2 aromatic carbocycles. The van der Waals surface area contributed by atoms with E-state index in [9.17, 15) is 9.59 Å². The van der Waals surface area contributed by atoms with Gasteiger partial charge in [-0.3, -0.25) is 14.2 Å². The zero-order valence-electron chi connectivity index (χ0n) is 15.1. The zero-order valence-corrected chi connectivity index (χ0v) is 15.9. The van der Waals surface area contributed by atoms with Crippen LogP contribution >= 0.6 is 11.8 Å². The third kappa shape index (κ3) is 3.65. The summed E-state index contributed by atoms with van der Waals surface area (Å²) in [4.78, 5) is 29.0. The molecule has 0 aliphatic rings. The van der Waals surface area contributed by atoms with Crippen LogP contribution in [0.1, 0.15) is 18.1 Å². The Balaban J connectivity index is 2.15. The molecule has 0 unspecified atom stereocenters. The lowest BCUT2D eigenvalue weighted by Gasteiger charge is -2.17. The van der Waals surface area contributed by atoms with Gasteiger partial charge in [-0.1, -0.05) is 42.1 Å². The van der Waals surface area contributed by atoms with Crippen LogP contribution in [0.5, 0.6) is 0 Å². The normalized spacial score (nSPS) is 10.9. The van der Waals surface area contributed by atoms with Gasteiger partial charge in [0.2, 0.25) is 5.91 Å². The van der Waals surface area contributed by atoms with Crippen LogP contribution in [-0.2, 0) is 4.79 Å². The van der Waals surface area contributed by atoms with E-state index < -0.39 is 0 Å². The average molecular weight is 367 g/mol. The summed E-state index contributed by atoms with van der Waals surface area (Å²) in [6.07, 6.45) is 0. The Labute approximate surface area is 156 Å². The highest BCUT2D eigenvalue weighted by atomic mass is 32.2. The number of carbonyl (C=O) groups excluding carboxylic acids is 1. The molecule has 0 bridgehead atoms. The maximum atomic E-state index is 13.2. The van der Waals surface area contributed by atoms with E-state index in [0.29, 0.717) is 28.4 Å². The molecule has 0 saturated heterocycles. The minimum Gasteiger partial charge on any atom is -0.356 e. The summed E-state index contributed by atoms with van der Waals surface area (Å²) in [5, 5.41) is 4.01. The molecule has 1 N–H and O–H groups in total. The van der Waals surface area contributed by atoms with Gasteiger partial charge in [0.25, 0.3) is 5.56 Å². The number of rotatable bonds is 5. The summed E-state index contributed by atoms with van der Waals surface area (Å²) in [7, 11) is 0. The molecular weight excluding hydrogens is 346 g/mol. The highest BCUT2D eigenvalue weighted by molar-refractivity contribution is 7.99. The van der Waals surface area contributed by atoms with E-state index in [1.807, 2.05) is 50.2 Å². The van der Waals surface area contributed by atoms with Crippen LogP contribution < -0.4 is 10.9 Å². The van der Waals surface area contributed by atoms with Crippen molar-refractivity contribution in [3.05, 3.63) is 63.9 Å². The SMILES string of the molecule is CC(=O)NCCSc1nc2ccccc2c(=O)n1-c1c(C)cccc1C. The molecule has 6 heteroatoms. The summed E-state index contributed by atoms with van der Waals surface area (Å²) >= 11 is 1.47. The number of thioether (sulfide) groups is 1. The molecule has 0 fully saturated rings. The summed E-state index contributed by atoms with van der Waals surface area (Å²) in [6.45, 7) is 6.01. The maximum absolute atomic E-state index is 13.2. The number of hydrogen-bond donors (Lipinski definition) is 1. The van der Waals surface area contributed by atoms with Gasteiger partial charge in [0, 0.05) is 19.2 Å². The molecule has 5 nitrogen and oxygen atoms in total. The van der Waals surface area contributed by atoms with Crippen molar-refractivity contribution in [2.45, 2.75) is 25.9 Å². The summed E-state index contributed by atoms with van der Waals surface area (Å²) in [5.74, 6) is 0.569. The Hall–Kier alpha value is -2.60. The molecule has 0 spiro atoms. The van der Waals surface area contributed by atoms with Crippen molar-refractivity contribution in [3.8, 4) is 5.69 Å². The highest BCUT2D eigenvalue weighted by Gasteiger charge is 2.16. The third-order valence-electron chi connectivity index (χ3n) is 4.12. The van der Waals surface area contributed by atoms with Crippen LogP contribution in [0, 0.1) is 13.8 Å². The van der Waals surface area contributed by atoms with E-state index in [4.69, 9.17) is 4.98 Å². The predicted molar refractivity (Wildman–Crippen MR) is 106 cm³/mol. The summed E-state index contributed by atoms with van der Waals surface area (Å²) in [5.41, 5.74) is 3.52. The fourth-order valence-corrected chi connectivity index (χ4v) is 3.79. The molecule has 0 aliphatic heterocycles. The molecule has 0 saturated carbocycles. The number of hydrogen-bond acceptors (Lipinski definition) is 4. The number of benzene rings is 2. The highest BCUT2D eigenvalue weighted by Crippen LogP contribution is 2.25. The zero-order chi connectivity index (χ0) is 18.7. The average Bonchev–Trinajstić information content (AvgIpc) is 2.60. The second-order valence-electron chi connectivity index (χ2n) is 6.12. The first-order valence-corrected chi connectivity index (χ1v) is 9.43. The largest absolute Gasteiger partial charge is 0.356 e. The van der Waals surface area contributed by atoms with Crippen molar-refractivity contribution in [2.75, 3.05) is 12.3 Å². The van der Waals surface area contributed by atoms with Gasteiger partial charge in [-0.15, -0.1) is 0 Å². The van der Waals surface area contributed by atoms with E-state index in [-0.39, 0.29) is 11.5 Å². The number of nitrogens with one attached hydrogen (secondary N) is 1. The predicted octanol–water partition coefficient (Wildman–Crippen LogP) is 3.23. The first-order chi connectivity index (χ1) is 12.5. The smallest absolute Gasteiger partial charge is 0.266 e. The van der Waals surface area contributed by atoms with E-state index in [2.05, 4.69) is 5.32 Å². The second-order valence-corrected chi connectivity index (χ2v) is 7.19. The number of aryl methyl sites for hydroxylation is 2. The first-order valence-electron chi connectivity index (χ1n) is 8.44. The molecule has 3 rings (SSSR count). The third-order valence-corrected chi connectivity index (χ3v) is 5.06. The van der Waals surface area contributed by atoms with Gasteiger partial charge in [-0.05, 0) is 37.1 Å². The molecular formula is C20H21N3O2S. The van der Waals surface area contributed by atoms with Crippen molar-refractivity contribution < 1.29 is 4.79 Å². The molecule has 3 aromatic rings. The van der Waals surface area contributed by atoms with Crippen LogP contribution in [0.3, 0.4) is 0 Å². The number of para-hydroxylation sites is 2. The van der Waals surface area contributed by atoms with Gasteiger partial charge in [0.05, 0.1) is 16.6 Å². The molecule has 0 atom stereocenters. The number of nitrogens with zero attached hydrogens (tertiary/aromatic N) is 2. The van der Waals surface area contributed by atoms with Crippen LogP contribution in [0.25, 0.3) is 16.6 Å². The molecule has 1 amide bonds. The quantitative estimate of drug-likeness (QED) is 0.427. The van der Waals surface area contributed by atoms with Gasteiger partial charge in [-0.25, -0.2) is 4.98 Å². The van der Waals surface area contributed by atoms with Gasteiger partial charge < -0.3 is 5.32 Å². The van der Waals surface area contributed by atoms with Gasteiger partial charge in [-0.2, -0.15) is 0 Å². The Kier molecular flexibility index (Phi) is 5.42. The van der Waals surface area contributed by atoms with Crippen LogP contribution in [-0.4, -0.2) is 27.8 Å². The van der Waals surface area contributed by atoms with Gasteiger partial charge >= 0.3 is 0 Å². The van der Waals surface area contributed by atoms with Crippen molar-refractivity contribution in [3.63, 3.8) is 0 Å². The molecule has 134 valence electrons. The topological polar surface area (TPSA) is 64.0 Å². The maximum Gasteiger partial charge on any atom is 0.266 e. The lowest BCUT2D eigenvalue weighted by atomic mass is 10.1. The Morgan fingerprint density at radius 3 is 2.50 bits per heavy atom. The summed E-state index contributed by atoms with van der Waals surface area (Å²) < 4.78 is 1.70. The Morgan fingerprint density at radius 1 is 1.12 bits per heavy atom. The molecule has 1 heterocycles. The Bertz CT molecular complexity index is 1010. The number of amides is 1. The fraction of sp³-hybridized carbons (Fsp3) is 0.250. The van der Waals surface area contributed by atoms with Gasteiger partial charge in [0.1, 0.15) is 0 Å². The number of carbonyl (C=O) groups is 1. The van der Waals surface area contributed by atoms with Crippen molar-refractivity contribution in [1.82, 2.24) is 14.9 Å². The van der Waals surface area contributed by atoms with Crippen molar-refractivity contribution >= 4 is 28.6 Å². The standard InChI is InChI=1S/C20H21N3O2S/c1-13-7-6-8-14(2)18(13)23-19(25)16-9-4-5-10-17(16)22-20(23)26-12-11-21-15(3)24/h4-10H,11-12H2,1-3H3,(H,21,24). The van der Waals surface area contributed by atoms with E-state index in [0.717, 1.165) is 16.8 Å². The first kappa shape index (κ1) is 18.2. The van der Waals surface area contributed by atoms with E-state index >= 15 is 0 Å². The molecule has 1 aromatic heterocycles. The molecule has 0 aliphatic carbocycles. The molecule has 26 heavy (non-hydrogen) atoms. The number of fused-ring (bicyclic) bond motifs is 1. The molecule has 0 radical (unpaired) electrons. The second kappa shape index (κ2) is 7.74. The lowest BCUT2D eigenvalue weighted by molar-refractivity contribution is -0.118. The van der Waals surface area contributed by atoms with Gasteiger partial charge in [0.15, 0.2) is 5.16 Å². The Morgan fingerprint density at radius 2 is 1.81 bits per heavy atom. The minimum absolute atomic E-state index is 0.0655. The van der Waals surface area contributed by atoms with Crippen molar-refractivity contribution in [1.29, 1.82) is 0 Å². The fourth-order valence-electron chi connectivity index (χ4n) is 2.93. The van der Waals surface area contributed by atoms with E-state index in [1.54, 1.807) is 10.6 Å². The van der Waals surface area contributed by atoms with Crippen LogP contribution in [0.4, 0.5) is 0 Å². The van der Waals surface area contributed by atoms with Crippen LogP contribution in [0.15, 0.2) is 52.4 Å². The summed E-state index contributed by atoms with van der Waals surface area (Å²) in [6, 6.07) is 13.4.